The van der Waals surface area contributed by atoms with Crippen molar-refractivity contribution in [3.05, 3.63) is 94.9 Å². The standard InChI is InChI=1S/C26H24N4O3/c1-17-11-13-29-20(15-28-23(29)14-17)10-12-27-25(31)22-5-3-4-18-16-30(26(32)24(18)22)19-6-8-21(33-2)9-7-19/h3-9,11,13-15H,10,12,16H2,1-2H3,(H,27,31). The first-order valence-corrected chi connectivity index (χ1v) is 10.8. The number of carbonyl (C=O) groups excluding carboxylic acids is 2. The number of anilines is 1. The number of imidazole rings is 1. The van der Waals surface area contributed by atoms with Crippen molar-refractivity contribution in [2.24, 2.45) is 0 Å². The summed E-state index contributed by atoms with van der Waals surface area (Å²) in [6, 6.07) is 16.8. The maximum atomic E-state index is 13.2. The van der Waals surface area contributed by atoms with Gasteiger partial charge in [0.2, 0.25) is 0 Å². The number of carbonyl (C=O) groups is 2. The van der Waals surface area contributed by atoms with Gasteiger partial charge in [0.15, 0.2) is 0 Å². The van der Waals surface area contributed by atoms with E-state index in [1.807, 2.05) is 72.2 Å². The molecular formula is C26H24N4O3. The molecule has 166 valence electrons. The highest BCUT2D eigenvalue weighted by atomic mass is 16.5. The summed E-state index contributed by atoms with van der Waals surface area (Å²) in [5.74, 6) is 0.309. The number of fused-ring (bicyclic) bond motifs is 2. The Hall–Kier alpha value is -4.13. The zero-order valence-electron chi connectivity index (χ0n) is 18.5. The van der Waals surface area contributed by atoms with E-state index in [4.69, 9.17) is 4.74 Å². The van der Waals surface area contributed by atoms with Gasteiger partial charge < -0.3 is 19.4 Å². The van der Waals surface area contributed by atoms with Gasteiger partial charge in [0.05, 0.1) is 24.8 Å². The van der Waals surface area contributed by atoms with E-state index in [1.165, 1.54) is 0 Å². The molecule has 4 aromatic rings. The average Bonchev–Trinajstić information content (AvgIpc) is 3.39. The SMILES string of the molecule is COc1ccc(N2Cc3cccc(C(=O)NCCc4cnc5cc(C)ccn45)c3C2=O)cc1. The van der Waals surface area contributed by atoms with Crippen LogP contribution in [0.5, 0.6) is 5.75 Å². The number of ether oxygens (including phenoxy) is 1. The van der Waals surface area contributed by atoms with Gasteiger partial charge in [-0.2, -0.15) is 0 Å². The molecule has 7 heteroatoms. The van der Waals surface area contributed by atoms with Crippen LogP contribution in [0.1, 0.15) is 37.5 Å². The van der Waals surface area contributed by atoms with Crippen LogP contribution in [0.25, 0.3) is 5.65 Å². The van der Waals surface area contributed by atoms with Crippen LogP contribution < -0.4 is 15.0 Å². The molecule has 0 atom stereocenters. The second-order valence-electron chi connectivity index (χ2n) is 8.12. The molecule has 0 spiro atoms. The van der Waals surface area contributed by atoms with Gasteiger partial charge in [-0.05, 0) is 60.5 Å². The molecule has 0 saturated heterocycles. The predicted octanol–water partition coefficient (Wildman–Crippen LogP) is 3.78. The quantitative estimate of drug-likeness (QED) is 0.495. The summed E-state index contributed by atoms with van der Waals surface area (Å²) in [6.07, 6.45) is 4.46. The molecule has 7 nitrogen and oxygen atoms in total. The van der Waals surface area contributed by atoms with Crippen LogP contribution in [0.15, 0.2) is 67.0 Å². The lowest BCUT2D eigenvalue weighted by molar-refractivity contribution is 0.0937. The van der Waals surface area contributed by atoms with E-state index in [9.17, 15) is 9.59 Å². The van der Waals surface area contributed by atoms with Crippen molar-refractivity contribution in [1.29, 1.82) is 0 Å². The number of aryl methyl sites for hydroxylation is 1. The fraction of sp³-hybridized carbons (Fsp3) is 0.192. The van der Waals surface area contributed by atoms with Gasteiger partial charge in [0.1, 0.15) is 11.4 Å². The van der Waals surface area contributed by atoms with Crippen molar-refractivity contribution in [3.8, 4) is 5.75 Å². The highest BCUT2D eigenvalue weighted by Gasteiger charge is 2.32. The van der Waals surface area contributed by atoms with E-state index >= 15 is 0 Å². The van der Waals surface area contributed by atoms with Gasteiger partial charge in [-0.25, -0.2) is 4.98 Å². The molecule has 2 aromatic carbocycles. The summed E-state index contributed by atoms with van der Waals surface area (Å²) in [4.78, 5) is 32.3. The summed E-state index contributed by atoms with van der Waals surface area (Å²) in [5.41, 5.74) is 5.55. The second-order valence-corrected chi connectivity index (χ2v) is 8.12. The Morgan fingerprint density at radius 3 is 2.76 bits per heavy atom. The smallest absolute Gasteiger partial charge is 0.259 e. The highest BCUT2D eigenvalue weighted by Crippen LogP contribution is 2.31. The Morgan fingerprint density at radius 2 is 1.97 bits per heavy atom. The predicted molar refractivity (Wildman–Crippen MR) is 126 cm³/mol. The number of amides is 2. The number of nitrogens with zero attached hydrogens (tertiary/aromatic N) is 3. The molecule has 5 rings (SSSR count). The maximum Gasteiger partial charge on any atom is 0.259 e. The minimum absolute atomic E-state index is 0.168. The first kappa shape index (κ1) is 20.8. The molecule has 0 radical (unpaired) electrons. The average molecular weight is 441 g/mol. The van der Waals surface area contributed by atoms with Crippen LogP contribution in [0.2, 0.25) is 0 Å². The molecule has 1 aliphatic rings. The molecule has 0 bridgehead atoms. The number of methoxy groups -OCH3 is 1. The summed E-state index contributed by atoms with van der Waals surface area (Å²) in [5, 5.41) is 2.97. The van der Waals surface area contributed by atoms with E-state index in [0.29, 0.717) is 30.6 Å². The van der Waals surface area contributed by atoms with Crippen molar-refractivity contribution < 1.29 is 14.3 Å². The number of benzene rings is 2. The fourth-order valence-electron chi connectivity index (χ4n) is 4.24. The van der Waals surface area contributed by atoms with Crippen molar-refractivity contribution in [2.75, 3.05) is 18.6 Å². The molecule has 0 unspecified atom stereocenters. The first-order chi connectivity index (χ1) is 16.0. The number of hydrogen-bond acceptors (Lipinski definition) is 4. The van der Waals surface area contributed by atoms with E-state index in [0.717, 1.165) is 33.9 Å². The molecule has 0 fully saturated rings. The number of nitrogens with one attached hydrogen (secondary N) is 1. The summed E-state index contributed by atoms with van der Waals surface area (Å²) in [6.45, 7) is 2.91. The Kier molecular flexibility index (Phi) is 5.30. The van der Waals surface area contributed by atoms with Gasteiger partial charge >= 0.3 is 0 Å². The van der Waals surface area contributed by atoms with Gasteiger partial charge in [-0.3, -0.25) is 9.59 Å². The fourth-order valence-corrected chi connectivity index (χ4v) is 4.24. The lowest BCUT2D eigenvalue weighted by Crippen LogP contribution is -2.29. The van der Waals surface area contributed by atoms with Crippen molar-refractivity contribution in [2.45, 2.75) is 19.9 Å². The van der Waals surface area contributed by atoms with Crippen LogP contribution in [-0.2, 0) is 13.0 Å². The zero-order chi connectivity index (χ0) is 22.9. The third-order valence-corrected chi connectivity index (χ3v) is 5.98. The number of rotatable bonds is 6. The third kappa shape index (κ3) is 3.82. The number of pyridine rings is 1. The topological polar surface area (TPSA) is 75.9 Å². The number of hydrogen-bond donors (Lipinski definition) is 1. The van der Waals surface area contributed by atoms with Gasteiger partial charge in [-0.1, -0.05) is 12.1 Å². The molecule has 3 heterocycles. The Labute approximate surface area is 191 Å². The zero-order valence-corrected chi connectivity index (χ0v) is 18.5. The first-order valence-electron chi connectivity index (χ1n) is 10.8. The molecule has 0 aliphatic carbocycles. The van der Waals surface area contributed by atoms with Gasteiger partial charge in [-0.15, -0.1) is 0 Å². The third-order valence-electron chi connectivity index (χ3n) is 5.98. The summed E-state index contributed by atoms with van der Waals surface area (Å²) < 4.78 is 7.23. The summed E-state index contributed by atoms with van der Waals surface area (Å²) in [7, 11) is 1.60. The number of aromatic nitrogens is 2. The van der Waals surface area contributed by atoms with E-state index < -0.39 is 0 Å². The molecule has 33 heavy (non-hydrogen) atoms. The molecule has 1 N–H and O–H groups in total. The Bertz CT molecular complexity index is 1360. The highest BCUT2D eigenvalue weighted by molar-refractivity contribution is 6.16. The molecule has 2 aromatic heterocycles. The normalized spacial score (nSPS) is 12.8. The lowest BCUT2D eigenvalue weighted by atomic mass is 10.0. The molecular weight excluding hydrogens is 416 g/mol. The minimum atomic E-state index is -0.249. The van der Waals surface area contributed by atoms with Crippen LogP contribution in [0.4, 0.5) is 5.69 Å². The van der Waals surface area contributed by atoms with E-state index in [2.05, 4.69) is 10.3 Å². The molecule has 0 saturated carbocycles. The minimum Gasteiger partial charge on any atom is -0.497 e. The van der Waals surface area contributed by atoms with E-state index in [1.54, 1.807) is 18.1 Å². The largest absolute Gasteiger partial charge is 0.497 e. The van der Waals surface area contributed by atoms with Gasteiger partial charge in [0, 0.05) is 36.7 Å². The second kappa shape index (κ2) is 8.43. The lowest BCUT2D eigenvalue weighted by Gasteiger charge is -2.16. The van der Waals surface area contributed by atoms with E-state index in [-0.39, 0.29) is 11.8 Å². The van der Waals surface area contributed by atoms with Gasteiger partial charge in [0.25, 0.3) is 11.8 Å². The van der Waals surface area contributed by atoms with Crippen LogP contribution in [0, 0.1) is 6.92 Å². The van der Waals surface area contributed by atoms with Crippen LogP contribution in [0.3, 0.4) is 0 Å². The van der Waals surface area contributed by atoms with Crippen LogP contribution in [-0.4, -0.2) is 34.9 Å². The van der Waals surface area contributed by atoms with Crippen molar-refractivity contribution >= 4 is 23.1 Å². The van der Waals surface area contributed by atoms with Crippen LogP contribution >= 0.6 is 0 Å². The monoisotopic (exact) mass is 440 g/mol. The molecule has 1 aliphatic heterocycles. The Balaban J connectivity index is 1.30. The summed E-state index contributed by atoms with van der Waals surface area (Å²) >= 11 is 0. The Morgan fingerprint density at radius 1 is 1.15 bits per heavy atom. The van der Waals surface area contributed by atoms with Crippen molar-refractivity contribution in [3.63, 3.8) is 0 Å². The molecule has 2 amide bonds. The maximum absolute atomic E-state index is 13.2. The van der Waals surface area contributed by atoms with Crippen molar-refractivity contribution in [1.82, 2.24) is 14.7 Å².